The second kappa shape index (κ2) is 11.7. The number of carbonyl (C=O) groups excluding carboxylic acids is 1. The van der Waals surface area contributed by atoms with Crippen molar-refractivity contribution >= 4 is 39.7 Å². The van der Waals surface area contributed by atoms with Crippen LogP contribution in [-0.2, 0) is 0 Å². The number of carbonyl (C=O) groups is 1. The van der Waals surface area contributed by atoms with Gasteiger partial charge < -0.3 is 35.7 Å². The van der Waals surface area contributed by atoms with Crippen LogP contribution in [0.5, 0.6) is 11.5 Å². The van der Waals surface area contributed by atoms with Gasteiger partial charge in [0.2, 0.25) is 0 Å². The van der Waals surface area contributed by atoms with E-state index in [0.717, 1.165) is 46.9 Å². The molecule has 2 aromatic heterocycles. The molecule has 0 bridgehead atoms. The summed E-state index contributed by atoms with van der Waals surface area (Å²) in [5.41, 5.74) is 10.2. The molecule has 1 aliphatic rings. The zero-order valence-corrected chi connectivity index (χ0v) is 22.7. The first kappa shape index (κ1) is 26.4. The van der Waals surface area contributed by atoms with Crippen LogP contribution in [0, 0.1) is 0 Å². The zero-order chi connectivity index (χ0) is 27.4. The van der Waals surface area contributed by atoms with Crippen LogP contribution in [0.2, 0.25) is 0 Å². The molecule has 2 aromatic carbocycles. The van der Waals surface area contributed by atoms with E-state index in [1.54, 1.807) is 37.7 Å². The van der Waals surface area contributed by atoms with Gasteiger partial charge in [-0.25, -0.2) is 0 Å². The van der Waals surface area contributed by atoms with Crippen LogP contribution >= 0.6 is 0 Å². The van der Waals surface area contributed by atoms with Gasteiger partial charge in [0.1, 0.15) is 22.9 Å². The number of likely N-dealkylation sites (tertiary alicyclic amines) is 1. The van der Waals surface area contributed by atoms with Gasteiger partial charge in [-0.15, -0.1) is 0 Å². The maximum atomic E-state index is 12.1. The highest BCUT2D eigenvalue weighted by atomic mass is 16.5. The Balaban J connectivity index is 1.40. The number of hydrogen-bond donors (Lipinski definition) is 4. The molecule has 3 heterocycles. The highest BCUT2D eigenvalue weighted by molar-refractivity contribution is 6.04. The summed E-state index contributed by atoms with van der Waals surface area (Å²) in [6.45, 7) is 5.68. The van der Waals surface area contributed by atoms with Crippen LogP contribution in [0.4, 0.5) is 22.9 Å². The molecule has 0 saturated carbocycles. The third-order valence-corrected chi connectivity index (χ3v) is 7.32. The molecule has 4 aromatic rings. The SMILES string of the molecule is CCCN1CCCC(c2ccc(Nc3cc4c(Nc5cccc(OC)c5C(N)=O)cncc4[nH]3)c(OC)c2)C1. The second-order valence-electron chi connectivity index (χ2n) is 9.93. The maximum absolute atomic E-state index is 12.1. The van der Waals surface area contributed by atoms with Crippen molar-refractivity contribution in [2.24, 2.45) is 5.73 Å². The molecule has 1 saturated heterocycles. The lowest BCUT2D eigenvalue weighted by Crippen LogP contribution is -2.34. The quantitative estimate of drug-likeness (QED) is 0.207. The number of primary amides is 1. The van der Waals surface area contributed by atoms with Crippen LogP contribution in [0.3, 0.4) is 0 Å². The van der Waals surface area contributed by atoms with E-state index in [0.29, 0.717) is 17.4 Å². The fourth-order valence-electron chi connectivity index (χ4n) is 5.48. The number of benzene rings is 2. The van der Waals surface area contributed by atoms with Crippen molar-refractivity contribution in [1.29, 1.82) is 0 Å². The van der Waals surface area contributed by atoms with Gasteiger partial charge in [0, 0.05) is 11.9 Å². The summed E-state index contributed by atoms with van der Waals surface area (Å²) in [4.78, 5) is 22.5. The summed E-state index contributed by atoms with van der Waals surface area (Å²) in [6, 6.07) is 13.7. The molecule has 0 radical (unpaired) electrons. The summed E-state index contributed by atoms with van der Waals surface area (Å²) in [5.74, 6) is 1.94. The van der Waals surface area contributed by atoms with Crippen LogP contribution in [0.15, 0.2) is 54.9 Å². The van der Waals surface area contributed by atoms with Gasteiger partial charge in [-0.3, -0.25) is 9.78 Å². The van der Waals surface area contributed by atoms with Crippen LogP contribution in [0.25, 0.3) is 10.9 Å². The number of nitrogens with one attached hydrogen (secondary N) is 3. The van der Waals surface area contributed by atoms with Crippen molar-refractivity contribution in [3.8, 4) is 11.5 Å². The molecule has 1 atom stereocenters. The lowest BCUT2D eigenvalue weighted by molar-refractivity contribution is 0.0998. The molecule has 1 amide bonds. The lowest BCUT2D eigenvalue weighted by Gasteiger charge is -2.33. The van der Waals surface area contributed by atoms with E-state index in [4.69, 9.17) is 15.2 Å². The normalized spacial score (nSPS) is 15.7. The Morgan fingerprint density at radius 3 is 2.69 bits per heavy atom. The number of H-pyrrole nitrogens is 1. The van der Waals surface area contributed by atoms with E-state index in [9.17, 15) is 4.79 Å². The van der Waals surface area contributed by atoms with E-state index in [1.807, 2.05) is 6.07 Å². The molecule has 5 rings (SSSR count). The molecule has 1 aliphatic heterocycles. The Morgan fingerprint density at radius 1 is 1.08 bits per heavy atom. The maximum Gasteiger partial charge on any atom is 0.254 e. The predicted molar refractivity (Wildman–Crippen MR) is 156 cm³/mol. The molecule has 5 N–H and O–H groups in total. The number of piperidine rings is 1. The largest absolute Gasteiger partial charge is 0.496 e. The van der Waals surface area contributed by atoms with Gasteiger partial charge in [-0.2, -0.15) is 0 Å². The summed E-state index contributed by atoms with van der Waals surface area (Å²) in [6.07, 6.45) is 7.08. The number of nitrogens with zero attached hydrogens (tertiary/aromatic N) is 2. The minimum atomic E-state index is -0.576. The summed E-state index contributed by atoms with van der Waals surface area (Å²) in [7, 11) is 3.21. The average molecular weight is 529 g/mol. The minimum Gasteiger partial charge on any atom is -0.496 e. The third-order valence-electron chi connectivity index (χ3n) is 7.32. The monoisotopic (exact) mass is 528 g/mol. The number of aromatic amines is 1. The number of amides is 1. The van der Waals surface area contributed by atoms with E-state index in [1.165, 1.54) is 38.5 Å². The fraction of sp³-hybridized carbons (Fsp3) is 0.333. The fourth-order valence-corrected chi connectivity index (χ4v) is 5.48. The number of nitrogens with two attached hydrogens (primary N) is 1. The Kier molecular flexibility index (Phi) is 7.88. The molecule has 1 unspecified atom stereocenters. The number of aromatic nitrogens is 2. The number of fused-ring (bicyclic) bond motifs is 1. The Labute approximate surface area is 228 Å². The van der Waals surface area contributed by atoms with E-state index >= 15 is 0 Å². The Morgan fingerprint density at radius 2 is 1.92 bits per heavy atom. The number of rotatable bonds is 10. The number of pyridine rings is 1. The molecule has 9 heteroatoms. The number of anilines is 4. The lowest BCUT2D eigenvalue weighted by atomic mass is 9.90. The summed E-state index contributed by atoms with van der Waals surface area (Å²) in [5, 5.41) is 7.68. The molecular weight excluding hydrogens is 492 g/mol. The topological polar surface area (TPSA) is 118 Å². The number of hydrogen-bond acceptors (Lipinski definition) is 7. The highest BCUT2D eigenvalue weighted by Crippen LogP contribution is 2.36. The molecule has 0 aliphatic carbocycles. The van der Waals surface area contributed by atoms with Gasteiger partial charge in [0.15, 0.2) is 0 Å². The smallest absolute Gasteiger partial charge is 0.254 e. The van der Waals surface area contributed by atoms with Gasteiger partial charge in [-0.1, -0.05) is 19.1 Å². The van der Waals surface area contributed by atoms with Crippen LogP contribution in [-0.4, -0.2) is 54.6 Å². The Bertz CT molecular complexity index is 1460. The number of ether oxygens (including phenoxy) is 2. The minimum absolute atomic E-state index is 0.284. The van der Waals surface area contributed by atoms with Gasteiger partial charge in [0.05, 0.1) is 49.2 Å². The van der Waals surface area contributed by atoms with Crippen molar-refractivity contribution in [2.75, 3.05) is 44.5 Å². The predicted octanol–water partition coefficient (Wildman–Crippen LogP) is 5.76. The van der Waals surface area contributed by atoms with Crippen molar-refractivity contribution in [3.05, 3.63) is 66.0 Å². The van der Waals surface area contributed by atoms with Crippen molar-refractivity contribution in [3.63, 3.8) is 0 Å². The molecule has 39 heavy (non-hydrogen) atoms. The Hall–Kier alpha value is -4.24. The molecule has 1 fully saturated rings. The van der Waals surface area contributed by atoms with Gasteiger partial charge in [-0.05, 0) is 74.2 Å². The van der Waals surface area contributed by atoms with E-state index in [-0.39, 0.29) is 5.56 Å². The van der Waals surface area contributed by atoms with E-state index in [2.05, 4.69) is 50.6 Å². The van der Waals surface area contributed by atoms with Gasteiger partial charge >= 0.3 is 0 Å². The third kappa shape index (κ3) is 5.63. The van der Waals surface area contributed by atoms with Gasteiger partial charge in [0.25, 0.3) is 5.91 Å². The number of methoxy groups -OCH3 is 2. The first-order valence-electron chi connectivity index (χ1n) is 13.4. The highest BCUT2D eigenvalue weighted by Gasteiger charge is 2.22. The second-order valence-corrected chi connectivity index (χ2v) is 9.93. The first-order valence-corrected chi connectivity index (χ1v) is 13.4. The standard InChI is InChI=1S/C30H36N6O3/c1-4-12-36-13-6-7-20(18-36)19-10-11-22(27(14-19)39-3)34-28-15-21-24(16-32-17-25(21)35-28)33-23-8-5-9-26(38-2)29(23)30(31)37/h5,8-11,14-17,20,33-35H,4,6-7,12-13,18H2,1-3H3,(H2,31,37). The molecular formula is C30H36N6O3. The molecule has 0 spiro atoms. The van der Waals surface area contributed by atoms with Crippen LogP contribution < -0.4 is 25.8 Å². The molecule has 9 nitrogen and oxygen atoms in total. The summed E-state index contributed by atoms with van der Waals surface area (Å²) >= 11 is 0. The van der Waals surface area contributed by atoms with Crippen LogP contribution in [0.1, 0.15) is 48.0 Å². The van der Waals surface area contributed by atoms with Crippen molar-refractivity contribution in [2.45, 2.75) is 32.1 Å². The summed E-state index contributed by atoms with van der Waals surface area (Å²) < 4.78 is 11.1. The van der Waals surface area contributed by atoms with Crippen molar-refractivity contribution < 1.29 is 14.3 Å². The van der Waals surface area contributed by atoms with E-state index < -0.39 is 5.91 Å². The molecule has 204 valence electrons. The average Bonchev–Trinajstić information content (AvgIpc) is 3.37. The first-order chi connectivity index (χ1) is 19.0. The zero-order valence-electron chi connectivity index (χ0n) is 22.7. The van der Waals surface area contributed by atoms with Crippen molar-refractivity contribution in [1.82, 2.24) is 14.9 Å².